The third kappa shape index (κ3) is 4.36. The van der Waals surface area contributed by atoms with Crippen molar-refractivity contribution in [2.24, 2.45) is 5.41 Å². The van der Waals surface area contributed by atoms with Crippen LogP contribution in [0.4, 0.5) is 4.39 Å². The van der Waals surface area contributed by atoms with Crippen molar-refractivity contribution in [1.29, 1.82) is 0 Å². The minimum Gasteiger partial charge on any atom is -0.492 e. The zero-order chi connectivity index (χ0) is 21.2. The van der Waals surface area contributed by atoms with Gasteiger partial charge in [0.25, 0.3) is 5.91 Å². The van der Waals surface area contributed by atoms with Gasteiger partial charge in [-0.05, 0) is 55.7 Å². The molecule has 158 valence electrons. The van der Waals surface area contributed by atoms with Crippen molar-refractivity contribution < 1.29 is 23.5 Å². The third-order valence-electron chi connectivity index (χ3n) is 5.55. The fourth-order valence-electron chi connectivity index (χ4n) is 4.25. The number of hydrogen-bond donors (Lipinski definition) is 2. The molecule has 3 fully saturated rings. The van der Waals surface area contributed by atoms with Crippen LogP contribution in [0.2, 0.25) is 5.02 Å². The van der Waals surface area contributed by atoms with Gasteiger partial charge >= 0.3 is 0 Å². The number of ether oxygens (including phenoxy) is 2. The zero-order valence-electron chi connectivity index (χ0n) is 16.3. The molecule has 0 atom stereocenters. The van der Waals surface area contributed by atoms with E-state index in [1.807, 2.05) is 0 Å². The highest BCUT2D eigenvalue weighted by Crippen LogP contribution is 2.67. The number of hydrogen-bond acceptors (Lipinski definition) is 4. The second kappa shape index (κ2) is 8.14. The number of amides is 2. The molecule has 0 aliphatic heterocycles. The molecule has 0 unspecified atom stereocenters. The first kappa shape index (κ1) is 20.5. The normalized spacial score (nSPS) is 23.5. The maximum Gasteiger partial charge on any atom is 0.258 e. The van der Waals surface area contributed by atoms with Crippen molar-refractivity contribution in [3.8, 4) is 11.5 Å². The molecule has 0 saturated heterocycles. The van der Waals surface area contributed by atoms with Gasteiger partial charge in [-0.1, -0.05) is 17.7 Å². The van der Waals surface area contributed by atoms with Gasteiger partial charge < -0.3 is 20.1 Å². The SMILES string of the molecule is O=C(COc1ccc(Cl)cc1)NC12CC(C(=O)NCCOc3cccc(F)c3)(C1)C2. The van der Waals surface area contributed by atoms with Gasteiger partial charge in [-0.2, -0.15) is 0 Å². The molecular weight excluding hydrogens is 411 g/mol. The summed E-state index contributed by atoms with van der Waals surface area (Å²) in [5.41, 5.74) is -0.695. The molecule has 0 spiro atoms. The van der Waals surface area contributed by atoms with Gasteiger partial charge in [-0.3, -0.25) is 9.59 Å². The number of halogens is 2. The lowest BCUT2D eigenvalue weighted by Gasteiger charge is -2.69. The molecule has 0 radical (unpaired) electrons. The Morgan fingerprint density at radius 1 is 1.03 bits per heavy atom. The lowest BCUT2D eigenvalue weighted by atomic mass is 9.39. The molecule has 2 aromatic carbocycles. The van der Waals surface area contributed by atoms with E-state index in [0.717, 1.165) is 0 Å². The molecule has 3 aliphatic rings. The van der Waals surface area contributed by atoms with E-state index >= 15 is 0 Å². The van der Waals surface area contributed by atoms with E-state index in [0.29, 0.717) is 42.3 Å². The van der Waals surface area contributed by atoms with Crippen LogP contribution >= 0.6 is 11.6 Å². The van der Waals surface area contributed by atoms with E-state index in [4.69, 9.17) is 21.1 Å². The Balaban J connectivity index is 1.14. The molecule has 30 heavy (non-hydrogen) atoms. The lowest BCUT2D eigenvalue weighted by molar-refractivity contribution is -0.184. The Morgan fingerprint density at radius 3 is 2.47 bits per heavy atom. The van der Waals surface area contributed by atoms with E-state index in [1.165, 1.54) is 12.1 Å². The zero-order valence-corrected chi connectivity index (χ0v) is 17.0. The van der Waals surface area contributed by atoms with Gasteiger partial charge in [-0.15, -0.1) is 0 Å². The summed E-state index contributed by atoms with van der Waals surface area (Å²) in [5.74, 6) is 0.401. The van der Waals surface area contributed by atoms with Crippen LogP contribution in [0.25, 0.3) is 0 Å². The molecule has 2 amide bonds. The van der Waals surface area contributed by atoms with E-state index in [1.54, 1.807) is 36.4 Å². The smallest absolute Gasteiger partial charge is 0.258 e. The van der Waals surface area contributed by atoms with Gasteiger partial charge in [-0.25, -0.2) is 4.39 Å². The summed E-state index contributed by atoms with van der Waals surface area (Å²) in [5, 5.41) is 6.45. The first-order chi connectivity index (χ1) is 14.4. The van der Waals surface area contributed by atoms with Gasteiger partial charge in [0.15, 0.2) is 6.61 Å². The number of rotatable bonds is 9. The van der Waals surface area contributed by atoms with Crippen LogP contribution in [0.3, 0.4) is 0 Å². The molecule has 6 nitrogen and oxygen atoms in total. The predicted octanol–water partition coefficient (Wildman–Crippen LogP) is 3.09. The Hall–Kier alpha value is -2.80. The van der Waals surface area contributed by atoms with Crippen LogP contribution in [0.1, 0.15) is 19.3 Å². The fourth-order valence-corrected chi connectivity index (χ4v) is 4.38. The quantitative estimate of drug-likeness (QED) is 0.597. The van der Waals surface area contributed by atoms with Gasteiger partial charge in [0, 0.05) is 16.6 Å². The molecule has 2 bridgehead atoms. The van der Waals surface area contributed by atoms with Gasteiger partial charge in [0.05, 0.1) is 12.0 Å². The summed E-state index contributed by atoms with van der Waals surface area (Å²) in [6.07, 6.45) is 1.88. The predicted molar refractivity (Wildman–Crippen MR) is 109 cm³/mol. The summed E-state index contributed by atoms with van der Waals surface area (Å²) in [6.45, 7) is 0.514. The molecule has 3 saturated carbocycles. The molecule has 8 heteroatoms. The third-order valence-corrected chi connectivity index (χ3v) is 5.80. The first-order valence-electron chi connectivity index (χ1n) is 9.74. The van der Waals surface area contributed by atoms with Crippen LogP contribution < -0.4 is 20.1 Å². The Morgan fingerprint density at radius 2 is 1.77 bits per heavy atom. The van der Waals surface area contributed by atoms with E-state index < -0.39 is 5.41 Å². The van der Waals surface area contributed by atoms with Crippen molar-refractivity contribution in [2.45, 2.75) is 24.8 Å². The van der Waals surface area contributed by atoms with Crippen molar-refractivity contribution in [2.75, 3.05) is 19.8 Å². The monoisotopic (exact) mass is 432 g/mol. The highest BCUT2D eigenvalue weighted by atomic mass is 35.5. The lowest BCUT2D eigenvalue weighted by Crippen LogP contribution is -2.78. The largest absolute Gasteiger partial charge is 0.492 e. The number of carbonyl (C=O) groups excluding carboxylic acids is 2. The Bertz CT molecular complexity index is 931. The summed E-state index contributed by atoms with van der Waals surface area (Å²) < 4.78 is 24.0. The summed E-state index contributed by atoms with van der Waals surface area (Å²) in [6, 6.07) is 12.7. The summed E-state index contributed by atoms with van der Waals surface area (Å²) in [7, 11) is 0. The minimum absolute atomic E-state index is 0.0288. The second-order valence-electron chi connectivity index (χ2n) is 7.94. The molecule has 5 rings (SSSR count). The van der Waals surface area contributed by atoms with E-state index in [-0.39, 0.29) is 36.4 Å². The molecule has 0 heterocycles. The van der Waals surface area contributed by atoms with Crippen LogP contribution in [0.5, 0.6) is 11.5 Å². The van der Waals surface area contributed by atoms with Crippen molar-refractivity contribution in [1.82, 2.24) is 10.6 Å². The van der Waals surface area contributed by atoms with Gasteiger partial charge in [0.1, 0.15) is 23.9 Å². The fraction of sp³-hybridized carbons (Fsp3) is 0.364. The minimum atomic E-state index is -0.400. The molecule has 0 aromatic heterocycles. The highest BCUT2D eigenvalue weighted by Gasteiger charge is 2.72. The maximum atomic E-state index is 13.1. The summed E-state index contributed by atoms with van der Waals surface area (Å²) in [4.78, 5) is 24.6. The van der Waals surface area contributed by atoms with E-state index in [2.05, 4.69) is 10.6 Å². The molecule has 3 aliphatic carbocycles. The Labute approximate surface area is 178 Å². The van der Waals surface area contributed by atoms with Crippen LogP contribution in [-0.2, 0) is 9.59 Å². The average molecular weight is 433 g/mol. The topological polar surface area (TPSA) is 76.7 Å². The van der Waals surface area contributed by atoms with Crippen LogP contribution in [0, 0.1) is 11.2 Å². The standard InChI is InChI=1S/C22H22ClFN2O4/c23-15-4-6-17(7-5-15)30-11-19(27)26-22-12-21(13-22,14-22)20(28)25-8-9-29-18-3-1-2-16(24)10-18/h1-7,10H,8-9,11-14H2,(H,25,28)(H,26,27). The van der Waals surface area contributed by atoms with Crippen LogP contribution in [-0.4, -0.2) is 37.1 Å². The van der Waals surface area contributed by atoms with Crippen molar-refractivity contribution >= 4 is 23.4 Å². The molecular formula is C22H22ClFN2O4. The number of carbonyl (C=O) groups is 2. The second-order valence-corrected chi connectivity index (χ2v) is 8.38. The van der Waals surface area contributed by atoms with E-state index in [9.17, 15) is 14.0 Å². The summed E-state index contributed by atoms with van der Waals surface area (Å²) >= 11 is 5.82. The average Bonchev–Trinajstić information content (AvgIpc) is 2.66. The van der Waals surface area contributed by atoms with Gasteiger partial charge in [0.2, 0.25) is 5.91 Å². The first-order valence-corrected chi connectivity index (χ1v) is 10.1. The molecule has 2 N–H and O–H groups in total. The number of benzene rings is 2. The maximum absolute atomic E-state index is 13.1. The number of nitrogens with one attached hydrogen (secondary N) is 2. The Kier molecular flexibility index (Phi) is 5.56. The van der Waals surface area contributed by atoms with Crippen LogP contribution in [0.15, 0.2) is 48.5 Å². The highest BCUT2D eigenvalue weighted by molar-refractivity contribution is 6.30. The van der Waals surface area contributed by atoms with Crippen molar-refractivity contribution in [3.05, 3.63) is 59.4 Å². The molecule has 2 aromatic rings. The van der Waals surface area contributed by atoms with Crippen molar-refractivity contribution in [3.63, 3.8) is 0 Å².